The third-order valence-electron chi connectivity index (χ3n) is 4.53. The number of carbonyl (C=O) groups is 1. The van der Waals surface area contributed by atoms with Crippen LogP contribution in [0.15, 0.2) is 64.9 Å². The third kappa shape index (κ3) is 4.83. The fourth-order valence-corrected chi connectivity index (χ4v) is 5.00. The normalized spacial score (nSPS) is 11.2. The molecule has 3 rings (SSSR count). The molecule has 158 valence electrons. The van der Waals surface area contributed by atoms with Gasteiger partial charge in [0.2, 0.25) is 0 Å². The lowest BCUT2D eigenvalue weighted by Crippen LogP contribution is -2.29. The van der Waals surface area contributed by atoms with Crippen LogP contribution in [0.1, 0.15) is 27.7 Å². The molecule has 2 aromatic carbocycles. The summed E-state index contributed by atoms with van der Waals surface area (Å²) < 4.78 is 32.6. The number of sulfonamides is 1. The second-order valence-electron chi connectivity index (χ2n) is 6.68. The first-order valence-electron chi connectivity index (χ1n) is 9.46. The quantitative estimate of drug-likeness (QED) is 0.565. The molecule has 0 fully saturated rings. The smallest absolute Gasteiger partial charge is 0.264 e. The molecular formula is C22H24N2O4S2. The standard InChI is InChI=1S/C22H24N2O4S2/c1-4-28-18-7-5-6-17(14-18)15-23-22(25)21-20(12-13-29-21)24(3)30(26,27)19-10-8-16(2)9-11-19/h5-14H,4,15H2,1-3H3,(H,23,25). The van der Waals surface area contributed by atoms with Crippen LogP contribution in [0.4, 0.5) is 5.69 Å². The molecule has 0 radical (unpaired) electrons. The number of nitrogens with zero attached hydrogens (tertiary/aromatic N) is 1. The molecule has 0 aliphatic rings. The maximum atomic E-state index is 13.0. The zero-order chi connectivity index (χ0) is 21.7. The number of hydrogen-bond donors (Lipinski definition) is 1. The fourth-order valence-electron chi connectivity index (χ4n) is 2.89. The third-order valence-corrected chi connectivity index (χ3v) is 7.22. The van der Waals surface area contributed by atoms with Crippen molar-refractivity contribution in [3.63, 3.8) is 0 Å². The molecule has 30 heavy (non-hydrogen) atoms. The molecule has 1 heterocycles. The SMILES string of the molecule is CCOc1cccc(CNC(=O)c2sccc2N(C)S(=O)(=O)c2ccc(C)cc2)c1. The maximum Gasteiger partial charge on any atom is 0.264 e. The van der Waals surface area contributed by atoms with Crippen molar-refractivity contribution in [2.24, 2.45) is 0 Å². The van der Waals surface area contributed by atoms with Crippen LogP contribution >= 0.6 is 11.3 Å². The van der Waals surface area contributed by atoms with Crippen LogP contribution in [0.3, 0.4) is 0 Å². The molecule has 1 amide bonds. The van der Waals surface area contributed by atoms with Crippen molar-refractivity contribution in [2.75, 3.05) is 18.0 Å². The number of amides is 1. The highest BCUT2D eigenvalue weighted by molar-refractivity contribution is 7.92. The van der Waals surface area contributed by atoms with Crippen molar-refractivity contribution in [1.82, 2.24) is 5.32 Å². The summed E-state index contributed by atoms with van der Waals surface area (Å²) in [5.41, 5.74) is 2.22. The summed E-state index contributed by atoms with van der Waals surface area (Å²) in [4.78, 5) is 13.3. The molecule has 0 aliphatic carbocycles. The van der Waals surface area contributed by atoms with Gasteiger partial charge in [-0.2, -0.15) is 0 Å². The lowest BCUT2D eigenvalue weighted by atomic mass is 10.2. The van der Waals surface area contributed by atoms with Crippen LogP contribution in [0.25, 0.3) is 0 Å². The molecule has 3 aromatic rings. The average Bonchev–Trinajstić information content (AvgIpc) is 3.22. The number of aryl methyl sites for hydroxylation is 1. The van der Waals surface area contributed by atoms with Gasteiger partial charge in [-0.15, -0.1) is 11.3 Å². The van der Waals surface area contributed by atoms with Crippen LogP contribution in [-0.2, 0) is 16.6 Å². The molecule has 0 spiro atoms. The highest BCUT2D eigenvalue weighted by Crippen LogP contribution is 2.30. The molecule has 1 N–H and O–H groups in total. The number of nitrogens with one attached hydrogen (secondary N) is 1. The van der Waals surface area contributed by atoms with Gasteiger partial charge in [-0.3, -0.25) is 9.10 Å². The molecule has 0 aliphatic heterocycles. The molecule has 0 saturated carbocycles. The van der Waals surface area contributed by atoms with E-state index in [0.717, 1.165) is 21.2 Å². The number of ether oxygens (including phenoxy) is 1. The van der Waals surface area contributed by atoms with Crippen LogP contribution in [0.5, 0.6) is 5.75 Å². The Morgan fingerprint density at radius 3 is 2.57 bits per heavy atom. The van der Waals surface area contributed by atoms with Gasteiger partial charge in [-0.05, 0) is 55.1 Å². The maximum absolute atomic E-state index is 13.0. The Morgan fingerprint density at radius 1 is 1.13 bits per heavy atom. The summed E-state index contributed by atoms with van der Waals surface area (Å²) in [6, 6.07) is 15.8. The van der Waals surface area contributed by atoms with E-state index in [1.54, 1.807) is 35.7 Å². The number of benzene rings is 2. The topological polar surface area (TPSA) is 75.7 Å². The zero-order valence-corrected chi connectivity index (χ0v) is 18.7. The molecule has 0 unspecified atom stereocenters. The van der Waals surface area contributed by atoms with Crippen molar-refractivity contribution in [3.8, 4) is 5.75 Å². The summed E-state index contributed by atoms with van der Waals surface area (Å²) in [6.07, 6.45) is 0. The lowest BCUT2D eigenvalue weighted by Gasteiger charge is -2.20. The van der Waals surface area contributed by atoms with E-state index < -0.39 is 10.0 Å². The highest BCUT2D eigenvalue weighted by Gasteiger charge is 2.26. The molecule has 8 heteroatoms. The first-order valence-corrected chi connectivity index (χ1v) is 11.8. The summed E-state index contributed by atoms with van der Waals surface area (Å²) in [6.45, 7) is 4.68. The Bertz CT molecular complexity index is 1120. The molecule has 0 atom stereocenters. The van der Waals surface area contributed by atoms with Gasteiger partial charge in [0.1, 0.15) is 10.6 Å². The molecule has 6 nitrogen and oxygen atoms in total. The monoisotopic (exact) mass is 444 g/mol. The Morgan fingerprint density at radius 2 is 1.87 bits per heavy atom. The van der Waals surface area contributed by atoms with Gasteiger partial charge in [-0.25, -0.2) is 8.42 Å². The number of rotatable bonds is 8. The second kappa shape index (κ2) is 9.32. The number of anilines is 1. The van der Waals surface area contributed by atoms with Gasteiger partial charge in [0.05, 0.1) is 17.2 Å². The minimum Gasteiger partial charge on any atom is -0.494 e. The van der Waals surface area contributed by atoms with E-state index >= 15 is 0 Å². The average molecular weight is 445 g/mol. The zero-order valence-electron chi connectivity index (χ0n) is 17.1. The van der Waals surface area contributed by atoms with E-state index in [1.165, 1.54) is 18.4 Å². The van der Waals surface area contributed by atoms with Crippen LogP contribution in [-0.4, -0.2) is 28.0 Å². The predicted octanol–water partition coefficient (Wildman–Crippen LogP) is 4.21. The van der Waals surface area contributed by atoms with Gasteiger partial charge >= 0.3 is 0 Å². The van der Waals surface area contributed by atoms with Gasteiger partial charge in [-0.1, -0.05) is 29.8 Å². The summed E-state index contributed by atoms with van der Waals surface area (Å²) in [5, 5.41) is 4.57. The van der Waals surface area contributed by atoms with E-state index in [0.29, 0.717) is 23.7 Å². The summed E-state index contributed by atoms with van der Waals surface area (Å²) >= 11 is 1.20. The van der Waals surface area contributed by atoms with E-state index in [1.807, 2.05) is 38.1 Å². The molecule has 1 aromatic heterocycles. The van der Waals surface area contributed by atoms with Crippen molar-refractivity contribution in [1.29, 1.82) is 0 Å². The van der Waals surface area contributed by atoms with Crippen LogP contribution < -0.4 is 14.4 Å². The number of thiophene rings is 1. The van der Waals surface area contributed by atoms with Crippen molar-refractivity contribution in [2.45, 2.75) is 25.3 Å². The lowest BCUT2D eigenvalue weighted by molar-refractivity contribution is 0.0955. The first-order chi connectivity index (χ1) is 14.3. The molecular weight excluding hydrogens is 420 g/mol. The van der Waals surface area contributed by atoms with Crippen LogP contribution in [0.2, 0.25) is 0 Å². The Labute approximate surface area is 181 Å². The first kappa shape index (κ1) is 21.9. The van der Waals surface area contributed by atoms with E-state index in [-0.39, 0.29) is 10.8 Å². The number of carbonyl (C=O) groups excluding carboxylic acids is 1. The molecule has 0 bridgehead atoms. The van der Waals surface area contributed by atoms with Crippen molar-refractivity contribution >= 4 is 33.0 Å². The van der Waals surface area contributed by atoms with Gasteiger partial charge in [0.25, 0.3) is 15.9 Å². The Balaban J connectivity index is 1.76. The Kier molecular flexibility index (Phi) is 6.79. The highest BCUT2D eigenvalue weighted by atomic mass is 32.2. The second-order valence-corrected chi connectivity index (χ2v) is 9.57. The van der Waals surface area contributed by atoms with Gasteiger partial charge < -0.3 is 10.1 Å². The predicted molar refractivity (Wildman–Crippen MR) is 120 cm³/mol. The minimum atomic E-state index is -3.77. The van der Waals surface area contributed by atoms with Crippen molar-refractivity contribution in [3.05, 3.63) is 76.0 Å². The largest absolute Gasteiger partial charge is 0.494 e. The van der Waals surface area contributed by atoms with E-state index in [9.17, 15) is 13.2 Å². The van der Waals surface area contributed by atoms with Gasteiger partial charge in [0.15, 0.2) is 0 Å². The summed E-state index contributed by atoms with van der Waals surface area (Å²) in [7, 11) is -2.31. The summed E-state index contributed by atoms with van der Waals surface area (Å²) in [5.74, 6) is 0.415. The van der Waals surface area contributed by atoms with Crippen molar-refractivity contribution < 1.29 is 17.9 Å². The van der Waals surface area contributed by atoms with E-state index in [2.05, 4.69) is 5.32 Å². The minimum absolute atomic E-state index is 0.181. The van der Waals surface area contributed by atoms with Crippen LogP contribution in [0, 0.1) is 6.92 Å². The number of hydrogen-bond acceptors (Lipinski definition) is 5. The molecule has 0 saturated heterocycles. The Hall–Kier alpha value is -2.84. The fraction of sp³-hybridized carbons (Fsp3) is 0.227. The van der Waals surface area contributed by atoms with E-state index in [4.69, 9.17) is 4.74 Å². The van der Waals surface area contributed by atoms with Gasteiger partial charge in [0, 0.05) is 13.6 Å².